The SMILES string of the molecule is Cn1ccc2c(SC3CCCC3)cc(N)cc21. The van der Waals surface area contributed by atoms with Crippen molar-refractivity contribution in [3.05, 3.63) is 24.4 Å². The summed E-state index contributed by atoms with van der Waals surface area (Å²) in [5, 5.41) is 2.14. The van der Waals surface area contributed by atoms with Gasteiger partial charge in [0.25, 0.3) is 0 Å². The Hall–Kier alpha value is -1.09. The lowest BCUT2D eigenvalue weighted by atomic mass is 10.2. The Kier molecular flexibility index (Phi) is 2.79. The highest BCUT2D eigenvalue weighted by Gasteiger charge is 2.18. The largest absolute Gasteiger partial charge is 0.399 e. The zero-order valence-corrected chi connectivity index (χ0v) is 11.0. The third kappa shape index (κ3) is 2.04. The summed E-state index contributed by atoms with van der Waals surface area (Å²) in [5.41, 5.74) is 8.12. The zero-order chi connectivity index (χ0) is 11.8. The molecule has 0 unspecified atom stereocenters. The van der Waals surface area contributed by atoms with Gasteiger partial charge in [0.2, 0.25) is 0 Å². The first-order valence-electron chi connectivity index (χ1n) is 6.25. The average molecular weight is 246 g/mol. The number of nitrogen functional groups attached to an aromatic ring is 1. The fraction of sp³-hybridized carbons (Fsp3) is 0.429. The molecule has 0 bridgehead atoms. The maximum Gasteiger partial charge on any atom is 0.0509 e. The molecule has 2 aromatic rings. The fourth-order valence-corrected chi connectivity index (χ4v) is 4.07. The molecule has 0 saturated heterocycles. The van der Waals surface area contributed by atoms with E-state index in [4.69, 9.17) is 5.73 Å². The summed E-state index contributed by atoms with van der Waals surface area (Å²) in [5.74, 6) is 0. The van der Waals surface area contributed by atoms with Crippen molar-refractivity contribution in [1.82, 2.24) is 4.57 Å². The van der Waals surface area contributed by atoms with E-state index in [2.05, 4.69) is 36.0 Å². The third-order valence-corrected chi connectivity index (χ3v) is 4.98. The summed E-state index contributed by atoms with van der Waals surface area (Å²) in [4.78, 5) is 1.35. The molecule has 1 aliphatic carbocycles. The minimum absolute atomic E-state index is 0.792. The molecule has 2 nitrogen and oxygen atoms in total. The number of aryl methyl sites for hydroxylation is 1. The number of anilines is 1. The number of rotatable bonds is 2. The van der Waals surface area contributed by atoms with Gasteiger partial charge in [-0.3, -0.25) is 0 Å². The number of hydrogen-bond donors (Lipinski definition) is 1. The van der Waals surface area contributed by atoms with Crippen LogP contribution in [0.1, 0.15) is 25.7 Å². The molecule has 0 radical (unpaired) electrons. The zero-order valence-electron chi connectivity index (χ0n) is 10.1. The van der Waals surface area contributed by atoms with E-state index in [0.29, 0.717) is 0 Å². The van der Waals surface area contributed by atoms with Gasteiger partial charge < -0.3 is 10.3 Å². The lowest BCUT2D eigenvalue weighted by molar-refractivity contribution is 0.886. The van der Waals surface area contributed by atoms with Crippen LogP contribution in [0.4, 0.5) is 5.69 Å². The minimum Gasteiger partial charge on any atom is -0.399 e. The maximum absolute atomic E-state index is 6.00. The maximum atomic E-state index is 6.00. The van der Waals surface area contributed by atoms with Crippen LogP contribution >= 0.6 is 11.8 Å². The van der Waals surface area contributed by atoms with Crippen molar-refractivity contribution in [3.8, 4) is 0 Å². The van der Waals surface area contributed by atoms with Crippen molar-refractivity contribution >= 4 is 28.4 Å². The van der Waals surface area contributed by atoms with E-state index in [1.165, 1.54) is 41.5 Å². The molecule has 1 heterocycles. The number of fused-ring (bicyclic) bond motifs is 1. The first-order chi connectivity index (χ1) is 8.24. The molecule has 2 N–H and O–H groups in total. The number of nitrogens with two attached hydrogens (primary N) is 1. The van der Waals surface area contributed by atoms with Gasteiger partial charge >= 0.3 is 0 Å². The van der Waals surface area contributed by atoms with Gasteiger partial charge in [-0.15, -0.1) is 11.8 Å². The van der Waals surface area contributed by atoms with Crippen LogP contribution in [0.2, 0.25) is 0 Å². The van der Waals surface area contributed by atoms with Crippen molar-refractivity contribution in [2.45, 2.75) is 35.8 Å². The Morgan fingerprint density at radius 2 is 2.06 bits per heavy atom. The Bertz CT molecular complexity index is 538. The Morgan fingerprint density at radius 1 is 1.29 bits per heavy atom. The predicted octanol–water partition coefficient (Wildman–Crippen LogP) is 3.80. The first kappa shape index (κ1) is 11.0. The van der Waals surface area contributed by atoms with E-state index in [9.17, 15) is 0 Å². The molecule has 1 aliphatic rings. The molecule has 1 aromatic heterocycles. The molecule has 1 fully saturated rings. The van der Waals surface area contributed by atoms with E-state index in [1.54, 1.807) is 0 Å². The predicted molar refractivity (Wildman–Crippen MR) is 75.4 cm³/mol. The summed E-state index contributed by atoms with van der Waals surface area (Å²) in [7, 11) is 2.08. The molecule has 0 amide bonds. The van der Waals surface area contributed by atoms with Gasteiger partial charge in [0.05, 0.1) is 5.52 Å². The van der Waals surface area contributed by atoms with Crippen LogP contribution in [0, 0.1) is 0 Å². The van der Waals surface area contributed by atoms with Gasteiger partial charge in [0.1, 0.15) is 0 Å². The number of benzene rings is 1. The molecular weight excluding hydrogens is 228 g/mol. The van der Waals surface area contributed by atoms with E-state index >= 15 is 0 Å². The summed E-state index contributed by atoms with van der Waals surface area (Å²) < 4.78 is 2.14. The Labute approximate surface area is 106 Å². The van der Waals surface area contributed by atoms with Crippen LogP contribution < -0.4 is 5.73 Å². The van der Waals surface area contributed by atoms with Crippen LogP contribution in [-0.4, -0.2) is 9.82 Å². The minimum atomic E-state index is 0.792. The average Bonchev–Trinajstić information content (AvgIpc) is 2.90. The molecule has 1 saturated carbocycles. The molecular formula is C14H18N2S. The molecule has 1 aromatic carbocycles. The molecule has 90 valence electrons. The second-order valence-electron chi connectivity index (χ2n) is 4.90. The standard InChI is InChI=1S/C14H18N2S/c1-16-7-6-12-13(16)8-10(15)9-14(12)17-11-4-2-3-5-11/h6-9,11H,2-5,15H2,1H3. The molecule has 0 spiro atoms. The number of hydrogen-bond acceptors (Lipinski definition) is 2. The van der Waals surface area contributed by atoms with Crippen LogP contribution in [0.25, 0.3) is 10.9 Å². The lowest BCUT2D eigenvalue weighted by Gasteiger charge is -2.11. The highest BCUT2D eigenvalue weighted by molar-refractivity contribution is 8.00. The molecule has 3 rings (SSSR count). The normalized spacial score (nSPS) is 17.0. The van der Waals surface area contributed by atoms with Gasteiger partial charge in [-0.25, -0.2) is 0 Å². The van der Waals surface area contributed by atoms with Gasteiger partial charge in [0, 0.05) is 34.5 Å². The highest BCUT2D eigenvalue weighted by atomic mass is 32.2. The van der Waals surface area contributed by atoms with Crippen molar-refractivity contribution in [3.63, 3.8) is 0 Å². The molecule has 0 aliphatic heterocycles. The molecule has 0 atom stereocenters. The van der Waals surface area contributed by atoms with Crippen LogP contribution in [-0.2, 0) is 7.05 Å². The number of thioether (sulfide) groups is 1. The van der Waals surface area contributed by atoms with Crippen molar-refractivity contribution in [2.24, 2.45) is 7.05 Å². The van der Waals surface area contributed by atoms with E-state index < -0.39 is 0 Å². The van der Waals surface area contributed by atoms with Gasteiger partial charge in [-0.2, -0.15) is 0 Å². The van der Waals surface area contributed by atoms with Gasteiger partial charge in [-0.1, -0.05) is 12.8 Å². The lowest BCUT2D eigenvalue weighted by Crippen LogP contribution is -1.95. The number of nitrogens with zero attached hydrogens (tertiary/aromatic N) is 1. The smallest absolute Gasteiger partial charge is 0.0509 e. The Balaban J connectivity index is 2.02. The quantitative estimate of drug-likeness (QED) is 0.817. The van der Waals surface area contributed by atoms with Gasteiger partial charge in [0.15, 0.2) is 0 Å². The fourth-order valence-electron chi connectivity index (χ4n) is 2.64. The van der Waals surface area contributed by atoms with E-state index in [1.807, 2.05) is 11.8 Å². The van der Waals surface area contributed by atoms with Gasteiger partial charge in [-0.05, 0) is 31.0 Å². The molecule has 3 heteroatoms. The topological polar surface area (TPSA) is 30.9 Å². The molecule has 17 heavy (non-hydrogen) atoms. The van der Waals surface area contributed by atoms with Crippen molar-refractivity contribution in [1.29, 1.82) is 0 Å². The van der Waals surface area contributed by atoms with Crippen LogP contribution in [0.15, 0.2) is 29.3 Å². The number of aromatic nitrogens is 1. The van der Waals surface area contributed by atoms with E-state index in [-0.39, 0.29) is 0 Å². The van der Waals surface area contributed by atoms with E-state index in [0.717, 1.165) is 10.9 Å². The highest BCUT2D eigenvalue weighted by Crippen LogP contribution is 2.39. The summed E-state index contributed by atoms with van der Waals surface area (Å²) >= 11 is 2.01. The van der Waals surface area contributed by atoms with Crippen LogP contribution in [0.3, 0.4) is 0 Å². The van der Waals surface area contributed by atoms with Crippen molar-refractivity contribution in [2.75, 3.05) is 5.73 Å². The second kappa shape index (κ2) is 4.30. The Morgan fingerprint density at radius 3 is 2.82 bits per heavy atom. The summed E-state index contributed by atoms with van der Waals surface area (Å²) in [6.07, 6.45) is 7.60. The summed E-state index contributed by atoms with van der Waals surface area (Å²) in [6.45, 7) is 0. The summed E-state index contributed by atoms with van der Waals surface area (Å²) in [6, 6.07) is 6.39. The van der Waals surface area contributed by atoms with Crippen LogP contribution in [0.5, 0.6) is 0 Å². The second-order valence-corrected chi connectivity index (χ2v) is 6.24. The van der Waals surface area contributed by atoms with Crippen molar-refractivity contribution < 1.29 is 0 Å². The third-order valence-electron chi connectivity index (χ3n) is 3.58. The first-order valence-corrected chi connectivity index (χ1v) is 7.13. The monoisotopic (exact) mass is 246 g/mol.